The zero-order valence-corrected chi connectivity index (χ0v) is 21.1. The summed E-state index contributed by atoms with van der Waals surface area (Å²) in [6.45, 7) is 3.24. The SMILES string of the molecule is O=C(Nc1ccc(S(=O)(=O)N2CCCCC2)cc1)C1CCN(Cc2nc(-c3cccs3)no2)CC1. The molecule has 0 radical (unpaired) electrons. The van der Waals surface area contributed by atoms with Gasteiger partial charge in [-0.25, -0.2) is 8.42 Å². The molecule has 5 rings (SSSR count). The number of nitrogens with one attached hydrogen (secondary N) is 1. The van der Waals surface area contributed by atoms with Crippen LogP contribution in [0.1, 0.15) is 38.0 Å². The van der Waals surface area contributed by atoms with Crippen molar-refractivity contribution < 1.29 is 17.7 Å². The van der Waals surface area contributed by atoms with Crippen LogP contribution >= 0.6 is 11.3 Å². The van der Waals surface area contributed by atoms with Gasteiger partial charge in [0, 0.05) is 24.7 Å². The van der Waals surface area contributed by atoms with E-state index in [1.807, 2.05) is 17.5 Å². The highest BCUT2D eigenvalue weighted by molar-refractivity contribution is 7.89. The second-order valence-electron chi connectivity index (χ2n) is 9.02. The molecule has 3 aromatic rings. The number of sulfonamides is 1. The Hall–Kier alpha value is -2.60. The molecule has 35 heavy (non-hydrogen) atoms. The first-order chi connectivity index (χ1) is 17.0. The Morgan fingerprint density at radius 2 is 1.80 bits per heavy atom. The average Bonchev–Trinajstić information content (AvgIpc) is 3.58. The highest BCUT2D eigenvalue weighted by atomic mass is 32.2. The molecule has 2 saturated heterocycles. The number of thiophene rings is 1. The van der Waals surface area contributed by atoms with Gasteiger partial charge in [-0.05, 0) is 74.5 Å². The first-order valence-electron chi connectivity index (χ1n) is 12.0. The topological polar surface area (TPSA) is 109 Å². The molecule has 0 saturated carbocycles. The molecule has 11 heteroatoms. The molecule has 0 unspecified atom stereocenters. The summed E-state index contributed by atoms with van der Waals surface area (Å²) in [5.74, 6) is 1.07. The fraction of sp³-hybridized carbons (Fsp3) is 0.458. The highest BCUT2D eigenvalue weighted by Gasteiger charge is 2.28. The second kappa shape index (κ2) is 10.6. The third kappa shape index (κ3) is 5.64. The molecule has 0 atom stereocenters. The van der Waals surface area contributed by atoms with Crippen LogP contribution in [0.2, 0.25) is 0 Å². The Morgan fingerprint density at radius 3 is 2.49 bits per heavy atom. The van der Waals surface area contributed by atoms with Crippen molar-refractivity contribution in [3.05, 3.63) is 47.7 Å². The lowest BCUT2D eigenvalue weighted by atomic mass is 9.96. The van der Waals surface area contributed by atoms with Crippen molar-refractivity contribution in [2.24, 2.45) is 5.92 Å². The fourth-order valence-electron chi connectivity index (χ4n) is 4.58. The maximum Gasteiger partial charge on any atom is 0.243 e. The maximum absolute atomic E-state index is 12.8. The zero-order valence-electron chi connectivity index (χ0n) is 19.4. The van der Waals surface area contributed by atoms with Gasteiger partial charge in [0.15, 0.2) is 0 Å². The van der Waals surface area contributed by atoms with Gasteiger partial charge < -0.3 is 9.84 Å². The van der Waals surface area contributed by atoms with Gasteiger partial charge in [0.05, 0.1) is 16.3 Å². The quantitative estimate of drug-likeness (QED) is 0.509. The van der Waals surface area contributed by atoms with Crippen molar-refractivity contribution in [3.63, 3.8) is 0 Å². The number of likely N-dealkylation sites (tertiary alicyclic amines) is 1. The minimum Gasteiger partial charge on any atom is -0.338 e. The van der Waals surface area contributed by atoms with Gasteiger partial charge in [-0.3, -0.25) is 9.69 Å². The predicted octanol–water partition coefficient (Wildman–Crippen LogP) is 3.82. The van der Waals surface area contributed by atoms with Crippen molar-refractivity contribution in [1.29, 1.82) is 0 Å². The summed E-state index contributed by atoms with van der Waals surface area (Å²) in [5.41, 5.74) is 0.613. The van der Waals surface area contributed by atoms with E-state index in [9.17, 15) is 13.2 Å². The molecular formula is C24H29N5O4S2. The van der Waals surface area contributed by atoms with E-state index in [2.05, 4.69) is 20.4 Å². The Kier molecular flexibility index (Phi) is 7.28. The van der Waals surface area contributed by atoms with Crippen LogP contribution in [0.5, 0.6) is 0 Å². The number of piperidine rings is 2. The van der Waals surface area contributed by atoms with Gasteiger partial charge in [-0.15, -0.1) is 11.3 Å². The number of carbonyl (C=O) groups excluding carboxylic acids is 1. The number of aromatic nitrogens is 2. The van der Waals surface area contributed by atoms with Crippen LogP contribution in [0, 0.1) is 5.92 Å². The summed E-state index contributed by atoms with van der Waals surface area (Å²) >= 11 is 1.57. The third-order valence-corrected chi connectivity index (χ3v) is 9.38. The Balaban J connectivity index is 1.11. The van der Waals surface area contributed by atoms with Gasteiger partial charge in [0.1, 0.15) is 0 Å². The Bertz CT molecular complexity index is 1230. The van der Waals surface area contributed by atoms with Gasteiger partial charge in [0.25, 0.3) is 0 Å². The molecule has 2 fully saturated rings. The van der Waals surface area contributed by atoms with Crippen molar-refractivity contribution >= 4 is 33.0 Å². The molecule has 9 nitrogen and oxygen atoms in total. The molecule has 2 aliphatic heterocycles. The molecule has 1 amide bonds. The van der Waals surface area contributed by atoms with E-state index in [1.165, 1.54) is 0 Å². The number of hydrogen-bond acceptors (Lipinski definition) is 8. The standard InChI is InChI=1S/C24H29N5O4S2/c30-24(25-19-6-8-20(9-7-19)35(31,32)29-12-2-1-3-13-29)18-10-14-28(15-11-18)17-22-26-23(27-33-22)21-5-4-16-34-21/h4-9,16,18H,1-3,10-15,17H2,(H,25,30). The van der Waals surface area contributed by atoms with Crippen LogP contribution in [-0.2, 0) is 21.4 Å². The molecule has 4 heterocycles. The smallest absolute Gasteiger partial charge is 0.243 e. The maximum atomic E-state index is 12.8. The summed E-state index contributed by atoms with van der Waals surface area (Å²) in [6.07, 6.45) is 4.34. The Labute approximate surface area is 209 Å². The summed E-state index contributed by atoms with van der Waals surface area (Å²) in [4.78, 5) is 20.7. The predicted molar refractivity (Wildman–Crippen MR) is 133 cm³/mol. The fourth-order valence-corrected chi connectivity index (χ4v) is 6.74. The summed E-state index contributed by atoms with van der Waals surface area (Å²) in [7, 11) is -3.47. The molecule has 186 valence electrons. The van der Waals surface area contributed by atoms with Crippen LogP contribution in [0.15, 0.2) is 51.2 Å². The lowest BCUT2D eigenvalue weighted by Gasteiger charge is -2.30. The minimum absolute atomic E-state index is 0.0333. The molecule has 1 N–H and O–H groups in total. The number of carbonyl (C=O) groups is 1. The molecule has 0 aliphatic carbocycles. The monoisotopic (exact) mass is 515 g/mol. The third-order valence-electron chi connectivity index (χ3n) is 6.60. The normalized spacial score (nSPS) is 18.5. The van der Waals surface area contributed by atoms with Crippen LogP contribution in [0.4, 0.5) is 5.69 Å². The molecular weight excluding hydrogens is 486 g/mol. The number of benzene rings is 1. The zero-order chi connectivity index (χ0) is 24.3. The van der Waals surface area contributed by atoms with Crippen molar-refractivity contribution in [2.75, 3.05) is 31.5 Å². The second-order valence-corrected chi connectivity index (χ2v) is 11.9. The summed E-state index contributed by atoms with van der Waals surface area (Å²) in [6, 6.07) is 10.4. The van der Waals surface area contributed by atoms with Crippen LogP contribution in [0.3, 0.4) is 0 Å². The average molecular weight is 516 g/mol. The molecule has 0 spiro atoms. The first kappa shape index (κ1) is 24.1. The molecule has 0 bridgehead atoms. The van der Waals surface area contributed by atoms with Gasteiger partial charge in [-0.2, -0.15) is 9.29 Å². The number of rotatable bonds is 7. The number of nitrogens with zero attached hydrogens (tertiary/aromatic N) is 4. The van der Waals surface area contributed by atoms with Crippen LogP contribution in [-0.4, -0.2) is 59.8 Å². The van der Waals surface area contributed by atoms with E-state index >= 15 is 0 Å². The summed E-state index contributed by atoms with van der Waals surface area (Å²) in [5, 5.41) is 8.98. The van der Waals surface area contributed by atoms with E-state index in [0.29, 0.717) is 37.0 Å². The van der Waals surface area contributed by atoms with Gasteiger partial charge in [-0.1, -0.05) is 17.6 Å². The van der Waals surface area contributed by atoms with Gasteiger partial charge in [0.2, 0.25) is 27.6 Å². The van der Waals surface area contributed by atoms with E-state index in [1.54, 1.807) is 39.9 Å². The van der Waals surface area contributed by atoms with E-state index in [-0.39, 0.29) is 16.7 Å². The molecule has 2 aliphatic rings. The van der Waals surface area contributed by atoms with Gasteiger partial charge >= 0.3 is 0 Å². The highest BCUT2D eigenvalue weighted by Crippen LogP contribution is 2.25. The minimum atomic E-state index is -3.47. The number of anilines is 1. The van der Waals surface area contributed by atoms with Crippen molar-refractivity contribution in [1.82, 2.24) is 19.3 Å². The van der Waals surface area contributed by atoms with E-state index in [4.69, 9.17) is 4.52 Å². The number of hydrogen-bond donors (Lipinski definition) is 1. The van der Waals surface area contributed by atoms with Crippen molar-refractivity contribution in [3.8, 4) is 10.7 Å². The largest absolute Gasteiger partial charge is 0.338 e. The van der Waals surface area contributed by atoms with E-state index < -0.39 is 10.0 Å². The molecule has 2 aromatic heterocycles. The Morgan fingerprint density at radius 1 is 1.06 bits per heavy atom. The van der Waals surface area contributed by atoms with Crippen molar-refractivity contribution in [2.45, 2.75) is 43.5 Å². The number of amides is 1. The lowest BCUT2D eigenvalue weighted by Crippen LogP contribution is -2.37. The summed E-state index contributed by atoms with van der Waals surface area (Å²) < 4.78 is 32.6. The van der Waals surface area contributed by atoms with Crippen LogP contribution < -0.4 is 5.32 Å². The lowest BCUT2D eigenvalue weighted by molar-refractivity contribution is -0.121. The van der Waals surface area contributed by atoms with Crippen LogP contribution in [0.25, 0.3) is 10.7 Å². The first-order valence-corrected chi connectivity index (χ1v) is 14.3. The van der Waals surface area contributed by atoms with E-state index in [0.717, 1.165) is 50.1 Å². The molecule has 1 aromatic carbocycles.